The molecule has 3 N–H and O–H groups in total. The zero-order chi connectivity index (χ0) is 20.9. The predicted octanol–water partition coefficient (Wildman–Crippen LogP) is 3.14. The molecule has 0 bridgehead atoms. The van der Waals surface area contributed by atoms with E-state index in [2.05, 4.69) is 25.3 Å². The third-order valence-corrected chi connectivity index (χ3v) is 3.97. The number of hydrogen-bond acceptors (Lipinski definition) is 7. The van der Waals surface area contributed by atoms with Gasteiger partial charge in [-0.05, 0) is 36.4 Å². The number of anilines is 2. The SMILES string of the molecule is CN1CN=C(Nc2ccc(OC(F)(F)F)cc2)C=C1c1ccnc(NCCO)c1. The van der Waals surface area contributed by atoms with Crippen molar-refractivity contribution < 1.29 is 23.0 Å². The fraction of sp³-hybridized carbons (Fsp3) is 0.263. The standard InChI is InChI=1S/C19H20F3N5O2/c1-27-12-25-18(26-14-2-4-15(5-3-14)29-19(20,21)22)11-16(27)13-6-7-23-17(10-13)24-8-9-28/h2-7,10-11,28H,8-9,12H2,1H3,(H,23,24)(H,25,26). The Morgan fingerprint density at radius 3 is 2.66 bits per heavy atom. The zero-order valence-electron chi connectivity index (χ0n) is 15.6. The van der Waals surface area contributed by atoms with Gasteiger partial charge in [0.2, 0.25) is 0 Å². The van der Waals surface area contributed by atoms with Crippen LogP contribution in [-0.4, -0.2) is 54.1 Å². The Morgan fingerprint density at radius 1 is 1.21 bits per heavy atom. The third kappa shape index (κ3) is 5.85. The average Bonchev–Trinajstić information content (AvgIpc) is 2.68. The highest BCUT2D eigenvalue weighted by molar-refractivity contribution is 6.08. The summed E-state index contributed by atoms with van der Waals surface area (Å²) in [6.45, 7) is 0.806. The predicted molar refractivity (Wildman–Crippen MR) is 105 cm³/mol. The molecule has 10 heteroatoms. The number of halogens is 3. The van der Waals surface area contributed by atoms with E-state index in [-0.39, 0.29) is 12.4 Å². The molecule has 0 fully saturated rings. The lowest BCUT2D eigenvalue weighted by atomic mass is 10.1. The molecule has 1 aromatic heterocycles. The van der Waals surface area contributed by atoms with Gasteiger partial charge in [-0.1, -0.05) is 0 Å². The van der Waals surface area contributed by atoms with Gasteiger partial charge in [0.1, 0.15) is 24.1 Å². The van der Waals surface area contributed by atoms with Crippen molar-refractivity contribution in [2.24, 2.45) is 4.99 Å². The lowest BCUT2D eigenvalue weighted by Crippen LogP contribution is -2.26. The van der Waals surface area contributed by atoms with E-state index in [1.54, 1.807) is 6.20 Å². The van der Waals surface area contributed by atoms with Crippen LogP contribution < -0.4 is 15.4 Å². The van der Waals surface area contributed by atoms with Crippen LogP contribution in [0.3, 0.4) is 0 Å². The maximum absolute atomic E-state index is 12.3. The minimum atomic E-state index is -4.72. The summed E-state index contributed by atoms with van der Waals surface area (Å²) in [6, 6.07) is 9.16. The quantitative estimate of drug-likeness (QED) is 0.683. The number of alkyl halides is 3. The van der Waals surface area contributed by atoms with Crippen molar-refractivity contribution in [1.82, 2.24) is 9.88 Å². The zero-order valence-corrected chi connectivity index (χ0v) is 15.6. The summed E-state index contributed by atoms with van der Waals surface area (Å²) in [7, 11) is 1.90. The van der Waals surface area contributed by atoms with E-state index in [1.807, 2.05) is 30.2 Å². The van der Waals surface area contributed by atoms with E-state index in [1.165, 1.54) is 24.3 Å². The molecule has 0 atom stereocenters. The van der Waals surface area contributed by atoms with Gasteiger partial charge in [-0.15, -0.1) is 13.2 Å². The van der Waals surface area contributed by atoms with Crippen LogP contribution in [0.15, 0.2) is 53.7 Å². The van der Waals surface area contributed by atoms with Crippen molar-refractivity contribution in [3.05, 3.63) is 54.2 Å². The van der Waals surface area contributed by atoms with Crippen LogP contribution >= 0.6 is 0 Å². The van der Waals surface area contributed by atoms with Crippen molar-refractivity contribution in [3.63, 3.8) is 0 Å². The van der Waals surface area contributed by atoms with E-state index in [0.717, 1.165) is 11.3 Å². The number of aromatic nitrogens is 1. The van der Waals surface area contributed by atoms with Gasteiger partial charge in [-0.25, -0.2) is 9.98 Å². The van der Waals surface area contributed by atoms with Crippen LogP contribution in [0.4, 0.5) is 24.7 Å². The summed E-state index contributed by atoms with van der Waals surface area (Å²) in [6.07, 6.45) is -1.21. The minimum absolute atomic E-state index is 0.00202. The monoisotopic (exact) mass is 407 g/mol. The summed E-state index contributed by atoms with van der Waals surface area (Å²) >= 11 is 0. The summed E-state index contributed by atoms with van der Waals surface area (Å²) in [5.41, 5.74) is 2.39. The molecule has 0 saturated carbocycles. The average molecular weight is 407 g/mol. The maximum Gasteiger partial charge on any atom is 0.573 e. The Morgan fingerprint density at radius 2 is 1.97 bits per heavy atom. The number of hydrogen-bond donors (Lipinski definition) is 3. The normalized spacial score (nSPS) is 14.2. The highest BCUT2D eigenvalue weighted by Crippen LogP contribution is 2.25. The van der Waals surface area contributed by atoms with Crippen molar-refractivity contribution in [3.8, 4) is 5.75 Å². The lowest BCUT2D eigenvalue weighted by molar-refractivity contribution is -0.274. The number of amidine groups is 1. The molecule has 0 radical (unpaired) electrons. The molecule has 154 valence electrons. The molecule has 7 nitrogen and oxygen atoms in total. The van der Waals surface area contributed by atoms with Gasteiger partial charge in [-0.2, -0.15) is 0 Å². The van der Waals surface area contributed by atoms with Crippen LogP contribution in [0.2, 0.25) is 0 Å². The maximum atomic E-state index is 12.3. The van der Waals surface area contributed by atoms with Crippen molar-refractivity contribution in [1.29, 1.82) is 0 Å². The molecule has 2 heterocycles. The Labute approximate surface area is 165 Å². The second-order valence-corrected chi connectivity index (χ2v) is 6.19. The van der Waals surface area contributed by atoms with Gasteiger partial charge in [0.05, 0.1) is 6.61 Å². The molecule has 0 aliphatic carbocycles. The number of ether oxygens (including phenoxy) is 1. The molecule has 1 aliphatic heterocycles. The van der Waals surface area contributed by atoms with Crippen LogP contribution in [-0.2, 0) is 0 Å². The number of nitrogens with one attached hydrogen (secondary N) is 2. The van der Waals surface area contributed by atoms with E-state index in [9.17, 15) is 13.2 Å². The van der Waals surface area contributed by atoms with Crippen LogP contribution in [0, 0.1) is 0 Å². The molecule has 1 aliphatic rings. The Kier molecular flexibility index (Phi) is 6.23. The molecule has 0 unspecified atom stereocenters. The molecule has 0 spiro atoms. The minimum Gasteiger partial charge on any atom is -0.406 e. The van der Waals surface area contributed by atoms with Gasteiger partial charge in [-0.3, -0.25) is 0 Å². The number of aliphatic hydroxyl groups is 1. The molecular weight excluding hydrogens is 387 g/mol. The topological polar surface area (TPSA) is 82.0 Å². The molecule has 3 rings (SSSR count). The molecule has 29 heavy (non-hydrogen) atoms. The van der Waals surface area contributed by atoms with Crippen molar-refractivity contribution >= 4 is 23.0 Å². The first-order chi connectivity index (χ1) is 13.8. The van der Waals surface area contributed by atoms with E-state index in [4.69, 9.17) is 5.11 Å². The van der Waals surface area contributed by atoms with Crippen LogP contribution in [0.25, 0.3) is 5.70 Å². The first-order valence-electron chi connectivity index (χ1n) is 8.75. The number of benzene rings is 1. The number of aliphatic hydroxyl groups excluding tert-OH is 1. The first-order valence-corrected chi connectivity index (χ1v) is 8.75. The molecule has 2 aromatic rings. The third-order valence-electron chi connectivity index (χ3n) is 3.97. The van der Waals surface area contributed by atoms with Gasteiger partial charge < -0.3 is 25.4 Å². The number of nitrogens with zero attached hydrogens (tertiary/aromatic N) is 3. The van der Waals surface area contributed by atoms with Crippen molar-refractivity contribution in [2.45, 2.75) is 6.36 Å². The summed E-state index contributed by atoms with van der Waals surface area (Å²) in [5.74, 6) is 0.927. The molecule has 1 aromatic carbocycles. The van der Waals surface area contributed by atoms with Crippen LogP contribution in [0.1, 0.15) is 5.56 Å². The second kappa shape index (κ2) is 8.82. The Bertz CT molecular complexity index is 897. The van der Waals surface area contributed by atoms with E-state index in [0.29, 0.717) is 30.6 Å². The second-order valence-electron chi connectivity index (χ2n) is 6.19. The number of pyridine rings is 1. The molecular formula is C19H20F3N5O2. The summed E-state index contributed by atoms with van der Waals surface area (Å²) < 4.78 is 40.7. The van der Waals surface area contributed by atoms with Gasteiger partial charge in [0.25, 0.3) is 0 Å². The van der Waals surface area contributed by atoms with Gasteiger partial charge in [0.15, 0.2) is 0 Å². The van der Waals surface area contributed by atoms with Gasteiger partial charge >= 0.3 is 6.36 Å². The fourth-order valence-corrected chi connectivity index (χ4v) is 2.68. The summed E-state index contributed by atoms with van der Waals surface area (Å²) in [4.78, 5) is 10.6. The van der Waals surface area contributed by atoms with E-state index >= 15 is 0 Å². The van der Waals surface area contributed by atoms with Crippen molar-refractivity contribution in [2.75, 3.05) is 37.5 Å². The van der Waals surface area contributed by atoms with E-state index < -0.39 is 6.36 Å². The number of aliphatic imine (C=N–C) groups is 1. The molecule has 0 amide bonds. The first kappa shape index (κ1) is 20.5. The highest BCUT2D eigenvalue weighted by Gasteiger charge is 2.31. The number of rotatable bonds is 6. The molecule has 0 saturated heterocycles. The Hall–Kier alpha value is -3.27. The highest BCUT2D eigenvalue weighted by atomic mass is 19.4. The van der Waals surface area contributed by atoms with Gasteiger partial charge in [0, 0.05) is 42.8 Å². The largest absolute Gasteiger partial charge is 0.573 e. The smallest absolute Gasteiger partial charge is 0.406 e. The fourth-order valence-electron chi connectivity index (χ4n) is 2.68. The summed E-state index contributed by atoms with van der Waals surface area (Å²) in [5, 5.41) is 15.0. The van der Waals surface area contributed by atoms with Crippen LogP contribution in [0.5, 0.6) is 5.75 Å². The lowest BCUT2D eigenvalue weighted by Gasteiger charge is -2.26. The Balaban J connectivity index is 1.74.